The minimum atomic E-state index is -0.728. The molecule has 20 heavy (non-hydrogen) atoms. The summed E-state index contributed by atoms with van der Waals surface area (Å²) in [6.45, 7) is 1.99. The fourth-order valence-corrected chi connectivity index (χ4v) is 2.14. The third-order valence-corrected chi connectivity index (χ3v) is 3.27. The Morgan fingerprint density at radius 3 is 2.85 bits per heavy atom. The molecule has 6 nitrogen and oxygen atoms in total. The molecule has 0 amide bonds. The number of aromatic nitrogens is 2. The number of ether oxygens (including phenoxy) is 1. The van der Waals surface area contributed by atoms with Crippen molar-refractivity contribution < 1.29 is 9.13 Å². The van der Waals surface area contributed by atoms with Gasteiger partial charge in [0.05, 0.1) is 11.4 Å². The highest BCUT2D eigenvalue weighted by Gasteiger charge is 2.34. The van der Waals surface area contributed by atoms with Gasteiger partial charge < -0.3 is 20.0 Å². The fourth-order valence-electron chi connectivity index (χ4n) is 2.14. The van der Waals surface area contributed by atoms with E-state index in [1.54, 1.807) is 6.07 Å². The molecule has 0 saturated heterocycles. The number of anilines is 1. The highest BCUT2D eigenvalue weighted by molar-refractivity contribution is 5.60. The van der Waals surface area contributed by atoms with Gasteiger partial charge in [-0.25, -0.2) is 4.39 Å². The van der Waals surface area contributed by atoms with Crippen molar-refractivity contribution in [2.24, 2.45) is 0 Å². The molecule has 0 saturated carbocycles. The largest absolute Gasteiger partial charge is 0.488 e. The van der Waals surface area contributed by atoms with Crippen LogP contribution in [0.15, 0.2) is 34.0 Å². The summed E-state index contributed by atoms with van der Waals surface area (Å²) >= 11 is 0. The summed E-state index contributed by atoms with van der Waals surface area (Å²) < 4.78 is 18.6. The second-order valence-corrected chi connectivity index (χ2v) is 4.87. The van der Waals surface area contributed by atoms with Crippen molar-refractivity contribution in [1.29, 1.82) is 0 Å². The Kier molecular flexibility index (Phi) is 2.63. The Bertz CT molecular complexity index is 783. The molecule has 2 heterocycles. The van der Waals surface area contributed by atoms with Gasteiger partial charge in [0.15, 0.2) is 0 Å². The monoisotopic (exact) mass is 277 g/mol. The second kappa shape index (κ2) is 4.22. The number of hydrogen-bond acceptors (Lipinski definition) is 4. The third-order valence-electron chi connectivity index (χ3n) is 3.27. The maximum atomic E-state index is 13.1. The van der Waals surface area contributed by atoms with E-state index in [1.165, 1.54) is 18.3 Å². The lowest BCUT2D eigenvalue weighted by molar-refractivity contribution is 0.226. The molecule has 0 aliphatic carbocycles. The minimum absolute atomic E-state index is 0.186. The van der Waals surface area contributed by atoms with Crippen LogP contribution in [-0.2, 0) is 5.54 Å². The molecule has 1 aliphatic rings. The predicted molar refractivity (Wildman–Crippen MR) is 70.6 cm³/mol. The van der Waals surface area contributed by atoms with Gasteiger partial charge in [-0.3, -0.25) is 9.59 Å². The number of nitrogens with one attached hydrogen (secondary N) is 3. The van der Waals surface area contributed by atoms with E-state index in [9.17, 15) is 14.0 Å². The van der Waals surface area contributed by atoms with E-state index in [0.717, 1.165) is 0 Å². The van der Waals surface area contributed by atoms with Gasteiger partial charge in [0.1, 0.15) is 23.7 Å². The van der Waals surface area contributed by atoms with Crippen LogP contribution in [0.25, 0.3) is 0 Å². The molecule has 3 rings (SSSR count). The Morgan fingerprint density at radius 2 is 2.10 bits per heavy atom. The molecule has 2 aromatic rings. The standard InChI is InChI=1S/C13H12FN3O3/c1-13(10-5-15-11(18)12(19)16-10)6-20-9-4-7(14)2-3-8(9)17-13/h2-5,17H,6H2,1H3,(H,15,18)(H,16,19). The number of rotatable bonds is 1. The van der Waals surface area contributed by atoms with Gasteiger partial charge in [-0.1, -0.05) is 0 Å². The summed E-state index contributed by atoms with van der Waals surface area (Å²) in [5, 5.41) is 3.18. The first kappa shape index (κ1) is 12.5. The normalized spacial score (nSPS) is 20.7. The van der Waals surface area contributed by atoms with Crippen LogP contribution in [0.3, 0.4) is 0 Å². The molecule has 3 N–H and O–H groups in total. The summed E-state index contributed by atoms with van der Waals surface area (Å²) in [6.07, 6.45) is 1.43. The fraction of sp³-hybridized carbons (Fsp3) is 0.231. The number of hydrogen-bond donors (Lipinski definition) is 3. The van der Waals surface area contributed by atoms with E-state index < -0.39 is 16.7 Å². The molecule has 1 aliphatic heterocycles. The molecule has 7 heteroatoms. The van der Waals surface area contributed by atoms with Crippen LogP contribution < -0.4 is 21.2 Å². The van der Waals surface area contributed by atoms with Gasteiger partial charge in [-0.15, -0.1) is 0 Å². The summed E-state index contributed by atoms with van der Waals surface area (Å²) in [5.74, 6) is 0.0286. The van der Waals surface area contributed by atoms with E-state index in [1.807, 2.05) is 6.92 Å². The zero-order valence-electron chi connectivity index (χ0n) is 10.6. The molecule has 0 fully saturated rings. The van der Waals surface area contributed by atoms with Crippen molar-refractivity contribution in [3.8, 4) is 5.75 Å². The molecule has 1 unspecified atom stereocenters. The lowest BCUT2D eigenvalue weighted by Crippen LogP contribution is -2.44. The van der Waals surface area contributed by atoms with E-state index in [0.29, 0.717) is 17.1 Å². The first-order chi connectivity index (χ1) is 9.48. The smallest absolute Gasteiger partial charge is 0.313 e. The average molecular weight is 277 g/mol. The maximum absolute atomic E-state index is 13.1. The van der Waals surface area contributed by atoms with Gasteiger partial charge in [-0.05, 0) is 19.1 Å². The van der Waals surface area contributed by atoms with Crippen LogP contribution in [0.5, 0.6) is 5.75 Å². The van der Waals surface area contributed by atoms with Crippen LogP contribution in [0.1, 0.15) is 12.6 Å². The highest BCUT2D eigenvalue weighted by atomic mass is 19.1. The summed E-state index contributed by atoms with van der Waals surface area (Å²) in [4.78, 5) is 27.4. The number of benzene rings is 1. The Balaban J connectivity index is 2.02. The van der Waals surface area contributed by atoms with Gasteiger partial charge in [0.2, 0.25) is 0 Å². The molecule has 0 spiro atoms. The predicted octanol–water partition coefficient (Wildman–Crippen LogP) is 0.922. The van der Waals surface area contributed by atoms with Crippen molar-refractivity contribution in [2.45, 2.75) is 12.5 Å². The van der Waals surface area contributed by atoms with Crippen LogP contribution in [0, 0.1) is 5.82 Å². The molecule has 1 atom stereocenters. The molecular formula is C13H12FN3O3. The van der Waals surface area contributed by atoms with E-state index in [2.05, 4.69) is 15.3 Å². The van der Waals surface area contributed by atoms with Crippen LogP contribution >= 0.6 is 0 Å². The van der Waals surface area contributed by atoms with Crippen LogP contribution in [0.4, 0.5) is 10.1 Å². The van der Waals surface area contributed by atoms with Gasteiger partial charge in [-0.2, -0.15) is 0 Å². The zero-order valence-corrected chi connectivity index (χ0v) is 10.6. The lowest BCUT2D eigenvalue weighted by Gasteiger charge is -2.36. The number of H-pyrrole nitrogens is 2. The number of fused-ring (bicyclic) bond motifs is 1. The van der Waals surface area contributed by atoms with Gasteiger partial charge >= 0.3 is 11.1 Å². The van der Waals surface area contributed by atoms with Crippen LogP contribution in [0.2, 0.25) is 0 Å². The number of aromatic amines is 2. The zero-order chi connectivity index (χ0) is 14.3. The molecule has 0 radical (unpaired) electrons. The molecule has 1 aromatic heterocycles. The van der Waals surface area contributed by atoms with Crippen LogP contribution in [-0.4, -0.2) is 16.6 Å². The first-order valence-electron chi connectivity index (χ1n) is 6.01. The molecule has 0 bridgehead atoms. The summed E-state index contributed by atoms with van der Waals surface area (Å²) in [7, 11) is 0. The summed E-state index contributed by atoms with van der Waals surface area (Å²) in [5.41, 5.74) is -1.06. The molecule has 1 aromatic carbocycles. The summed E-state index contributed by atoms with van der Waals surface area (Å²) in [6, 6.07) is 4.17. The molecule has 104 valence electrons. The van der Waals surface area contributed by atoms with E-state index in [4.69, 9.17) is 4.74 Å². The van der Waals surface area contributed by atoms with Crippen molar-refractivity contribution in [1.82, 2.24) is 9.97 Å². The Labute approximate surface area is 112 Å². The number of halogens is 1. The highest BCUT2D eigenvalue weighted by Crippen LogP contribution is 2.36. The third kappa shape index (κ3) is 1.97. The van der Waals surface area contributed by atoms with E-state index >= 15 is 0 Å². The van der Waals surface area contributed by atoms with Crippen molar-refractivity contribution in [2.75, 3.05) is 11.9 Å². The Morgan fingerprint density at radius 1 is 1.30 bits per heavy atom. The van der Waals surface area contributed by atoms with Crippen molar-refractivity contribution in [3.05, 3.63) is 56.6 Å². The Hall–Kier alpha value is -2.57. The second-order valence-electron chi connectivity index (χ2n) is 4.87. The average Bonchev–Trinajstić information content (AvgIpc) is 2.42. The topological polar surface area (TPSA) is 87.0 Å². The quantitative estimate of drug-likeness (QED) is 0.676. The van der Waals surface area contributed by atoms with Crippen molar-refractivity contribution >= 4 is 5.69 Å². The lowest BCUT2D eigenvalue weighted by atomic mass is 9.97. The minimum Gasteiger partial charge on any atom is -0.488 e. The maximum Gasteiger partial charge on any atom is 0.313 e. The van der Waals surface area contributed by atoms with Crippen molar-refractivity contribution in [3.63, 3.8) is 0 Å². The van der Waals surface area contributed by atoms with E-state index in [-0.39, 0.29) is 12.4 Å². The first-order valence-corrected chi connectivity index (χ1v) is 6.01. The van der Waals surface area contributed by atoms with Gasteiger partial charge in [0.25, 0.3) is 0 Å². The SMILES string of the molecule is CC1(c2c[nH]c(=O)c(=O)[nH]2)COc2cc(F)ccc2N1. The van der Waals surface area contributed by atoms with Gasteiger partial charge in [0, 0.05) is 12.3 Å². The molecular weight excluding hydrogens is 265 g/mol.